The Labute approximate surface area is 178 Å². The lowest BCUT2D eigenvalue weighted by molar-refractivity contribution is -0.121. The monoisotopic (exact) mass is 448 g/mol. The second kappa shape index (κ2) is 9.32. The molecule has 0 bridgehead atoms. The first-order chi connectivity index (χ1) is 14.7. The van der Waals surface area contributed by atoms with Crippen LogP contribution >= 0.6 is 0 Å². The summed E-state index contributed by atoms with van der Waals surface area (Å²) in [7, 11) is -4.32. The molecule has 0 atom stereocenters. The molecule has 31 heavy (non-hydrogen) atoms. The van der Waals surface area contributed by atoms with Crippen LogP contribution in [0.3, 0.4) is 0 Å². The molecule has 2 N–H and O–H groups in total. The van der Waals surface area contributed by atoms with Gasteiger partial charge in [0.05, 0.1) is 10.8 Å². The molecule has 3 aromatic rings. The van der Waals surface area contributed by atoms with Crippen LogP contribution in [0.4, 0.5) is 18.9 Å². The van der Waals surface area contributed by atoms with Crippen molar-refractivity contribution < 1.29 is 26.4 Å². The Morgan fingerprint density at radius 3 is 1.74 bits per heavy atom. The number of halogens is 3. The molecule has 0 unspecified atom stereocenters. The first-order valence-electron chi connectivity index (χ1n) is 9.23. The van der Waals surface area contributed by atoms with Gasteiger partial charge >= 0.3 is 6.18 Å². The summed E-state index contributed by atoms with van der Waals surface area (Å²) >= 11 is 0. The van der Waals surface area contributed by atoms with Gasteiger partial charge in [0.15, 0.2) is 0 Å². The van der Waals surface area contributed by atoms with Crippen LogP contribution in [0.5, 0.6) is 0 Å². The van der Waals surface area contributed by atoms with E-state index in [9.17, 15) is 26.4 Å². The number of hydrogen-bond donors (Lipinski definition) is 2. The van der Waals surface area contributed by atoms with Gasteiger partial charge in [-0.3, -0.25) is 4.79 Å². The molecule has 3 aromatic carbocycles. The number of amides is 1. The van der Waals surface area contributed by atoms with Crippen LogP contribution in [0.2, 0.25) is 0 Å². The molecular formula is C22H19F3N2O3S. The fourth-order valence-corrected chi connectivity index (χ4v) is 3.99. The first kappa shape index (κ1) is 22.5. The Bertz CT molecular complexity index is 1080. The van der Waals surface area contributed by atoms with Crippen LogP contribution in [-0.2, 0) is 14.8 Å². The van der Waals surface area contributed by atoms with Gasteiger partial charge < -0.3 is 5.32 Å². The number of carbonyl (C=O) groups is 1. The van der Waals surface area contributed by atoms with E-state index in [4.69, 9.17) is 0 Å². The molecule has 0 spiro atoms. The SMILES string of the molecule is O=C(Nc1ccc(S(=O)(=O)NCC(F)(F)F)cc1)C(c1ccccc1)c1ccccc1. The van der Waals surface area contributed by atoms with Crippen LogP contribution in [0.15, 0.2) is 89.8 Å². The maximum absolute atomic E-state index is 13.0. The molecule has 0 saturated carbocycles. The minimum Gasteiger partial charge on any atom is -0.325 e. The van der Waals surface area contributed by atoms with Gasteiger partial charge in [-0.25, -0.2) is 13.1 Å². The zero-order valence-electron chi connectivity index (χ0n) is 16.1. The van der Waals surface area contributed by atoms with Crippen molar-refractivity contribution in [2.45, 2.75) is 17.0 Å². The third kappa shape index (κ3) is 6.16. The van der Waals surface area contributed by atoms with Gasteiger partial charge in [0.2, 0.25) is 15.9 Å². The van der Waals surface area contributed by atoms with Crippen molar-refractivity contribution in [2.24, 2.45) is 0 Å². The van der Waals surface area contributed by atoms with Crippen LogP contribution < -0.4 is 10.0 Å². The summed E-state index contributed by atoms with van der Waals surface area (Å²) in [5.41, 5.74) is 1.88. The van der Waals surface area contributed by atoms with E-state index in [1.807, 2.05) is 60.7 Å². The maximum Gasteiger partial charge on any atom is 0.402 e. The van der Waals surface area contributed by atoms with Crippen molar-refractivity contribution in [2.75, 3.05) is 11.9 Å². The summed E-state index contributed by atoms with van der Waals surface area (Å²) in [6.45, 7) is -1.66. The van der Waals surface area contributed by atoms with E-state index in [0.717, 1.165) is 23.3 Å². The number of benzene rings is 3. The molecule has 0 aliphatic rings. The standard InChI is InChI=1S/C22H19F3N2O3S/c23-22(24,25)15-26-31(29,30)19-13-11-18(12-14-19)27-21(28)20(16-7-3-1-4-8-16)17-9-5-2-6-10-17/h1-14,20,26H,15H2,(H,27,28). The van der Waals surface area contributed by atoms with Crippen molar-refractivity contribution >= 4 is 21.6 Å². The van der Waals surface area contributed by atoms with Gasteiger partial charge in [0.1, 0.15) is 6.54 Å². The van der Waals surface area contributed by atoms with Gasteiger partial charge in [0, 0.05) is 5.69 Å². The number of alkyl halides is 3. The molecule has 9 heteroatoms. The van der Waals surface area contributed by atoms with Crippen molar-refractivity contribution in [3.05, 3.63) is 96.1 Å². The molecular weight excluding hydrogens is 429 g/mol. The Kier molecular flexibility index (Phi) is 6.77. The third-order valence-corrected chi connectivity index (χ3v) is 5.84. The van der Waals surface area contributed by atoms with Gasteiger partial charge in [-0.15, -0.1) is 0 Å². The van der Waals surface area contributed by atoms with Crippen molar-refractivity contribution in [1.29, 1.82) is 0 Å². The quantitative estimate of drug-likeness (QED) is 0.566. The van der Waals surface area contributed by atoms with Gasteiger partial charge in [0.25, 0.3) is 0 Å². The third-order valence-electron chi connectivity index (χ3n) is 4.42. The molecule has 0 radical (unpaired) electrons. The number of sulfonamides is 1. The molecule has 5 nitrogen and oxygen atoms in total. The second-order valence-electron chi connectivity index (χ2n) is 6.71. The number of anilines is 1. The Morgan fingerprint density at radius 2 is 1.29 bits per heavy atom. The van der Waals surface area contributed by atoms with E-state index in [-0.39, 0.29) is 10.8 Å². The van der Waals surface area contributed by atoms with Gasteiger partial charge in [-0.05, 0) is 35.4 Å². The summed E-state index contributed by atoms with van der Waals surface area (Å²) in [5.74, 6) is -0.928. The van der Waals surface area contributed by atoms with E-state index >= 15 is 0 Å². The van der Waals surface area contributed by atoms with Gasteiger partial charge in [-0.1, -0.05) is 60.7 Å². The van der Waals surface area contributed by atoms with Gasteiger partial charge in [-0.2, -0.15) is 13.2 Å². The Balaban J connectivity index is 1.79. The average molecular weight is 448 g/mol. The molecule has 0 saturated heterocycles. The summed E-state index contributed by atoms with van der Waals surface area (Å²) < 4.78 is 62.4. The van der Waals surface area contributed by atoms with Crippen molar-refractivity contribution in [3.63, 3.8) is 0 Å². The minimum absolute atomic E-state index is 0.316. The van der Waals surface area contributed by atoms with Crippen LogP contribution in [0, 0.1) is 0 Å². The highest BCUT2D eigenvalue weighted by Gasteiger charge is 2.30. The van der Waals surface area contributed by atoms with E-state index in [1.165, 1.54) is 16.9 Å². The van der Waals surface area contributed by atoms with Crippen molar-refractivity contribution in [3.8, 4) is 0 Å². The molecule has 1 amide bonds. The molecule has 0 fully saturated rings. The van der Waals surface area contributed by atoms with Crippen LogP contribution in [-0.4, -0.2) is 27.0 Å². The molecule has 0 heterocycles. The molecule has 162 valence electrons. The predicted octanol–water partition coefficient (Wildman–Crippen LogP) is 4.30. The number of rotatable bonds is 7. The molecule has 0 aliphatic heterocycles. The van der Waals surface area contributed by atoms with E-state index in [0.29, 0.717) is 5.69 Å². The normalized spacial score (nSPS) is 12.0. The minimum atomic E-state index is -4.66. The highest BCUT2D eigenvalue weighted by atomic mass is 32.2. The van der Waals surface area contributed by atoms with Crippen molar-refractivity contribution in [1.82, 2.24) is 4.72 Å². The van der Waals surface area contributed by atoms with E-state index in [2.05, 4.69) is 5.32 Å². The lowest BCUT2D eigenvalue weighted by atomic mass is 9.90. The highest BCUT2D eigenvalue weighted by molar-refractivity contribution is 7.89. The largest absolute Gasteiger partial charge is 0.402 e. The zero-order valence-corrected chi connectivity index (χ0v) is 17.0. The summed E-state index contributed by atoms with van der Waals surface area (Å²) in [5, 5.41) is 2.74. The summed E-state index contributed by atoms with van der Waals surface area (Å²) in [6, 6.07) is 23.2. The number of nitrogens with one attached hydrogen (secondary N) is 2. The first-order valence-corrected chi connectivity index (χ1v) is 10.7. The number of hydrogen-bond acceptors (Lipinski definition) is 3. The average Bonchev–Trinajstić information content (AvgIpc) is 2.74. The molecule has 3 rings (SSSR count). The predicted molar refractivity (Wildman–Crippen MR) is 111 cm³/mol. The van der Waals surface area contributed by atoms with Crippen LogP contribution in [0.1, 0.15) is 17.0 Å². The fraction of sp³-hybridized carbons (Fsp3) is 0.136. The Hall–Kier alpha value is -3.17. The summed E-state index contributed by atoms with van der Waals surface area (Å²) in [6.07, 6.45) is -4.66. The zero-order chi connectivity index (χ0) is 22.5. The lowest BCUT2D eigenvalue weighted by Gasteiger charge is -2.18. The Morgan fingerprint density at radius 1 is 0.806 bits per heavy atom. The maximum atomic E-state index is 13.0. The van der Waals surface area contributed by atoms with E-state index in [1.54, 1.807) is 0 Å². The molecule has 0 aromatic heterocycles. The fourth-order valence-electron chi connectivity index (χ4n) is 2.98. The second-order valence-corrected chi connectivity index (χ2v) is 8.47. The lowest BCUT2D eigenvalue weighted by Crippen LogP contribution is -2.33. The topological polar surface area (TPSA) is 75.3 Å². The highest BCUT2D eigenvalue weighted by Crippen LogP contribution is 2.26. The number of carbonyl (C=O) groups excluding carboxylic acids is 1. The van der Waals surface area contributed by atoms with E-state index < -0.39 is 28.7 Å². The summed E-state index contributed by atoms with van der Waals surface area (Å²) in [4.78, 5) is 12.7. The van der Waals surface area contributed by atoms with Crippen LogP contribution in [0.25, 0.3) is 0 Å². The molecule has 0 aliphatic carbocycles. The smallest absolute Gasteiger partial charge is 0.325 e.